The van der Waals surface area contributed by atoms with E-state index in [0.717, 1.165) is 11.8 Å². The minimum atomic E-state index is 0.539. The van der Waals surface area contributed by atoms with Crippen LogP contribution in [0.2, 0.25) is 0 Å². The van der Waals surface area contributed by atoms with Gasteiger partial charge in [0.1, 0.15) is 0 Å². The Labute approximate surface area is 82.1 Å². The first-order valence-corrected chi connectivity index (χ1v) is 6.13. The summed E-state index contributed by atoms with van der Waals surface area (Å²) in [7, 11) is 0. The first-order valence-electron chi connectivity index (χ1n) is 6.13. The minimum Gasteiger partial charge on any atom is -0.327 e. The number of nitrogens with two attached hydrogens (primary N) is 1. The fourth-order valence-electron chi connectivity index (χ4n) is 3.34. The molecule has 0 aromatic rings. The summed E-state index contributed by atoms with van der Waals surface area (Å²) in [6.45, 7) is 0. The highest BCUT2D eigenvalue weighted by molar-refractivity contribution is 4.84. The van der Waals surface area contributed by atoms with Crippen LogP contribution < -0.4 is 5.73 Å². The fraction of sp³-hybridized carbons (Fsp3) is 1.00. The molecule has 0 bridgehead atoms. The molecule has 0 saturated heterocycles. The molecule has 2 rings (SSSR count). The molecule has 0 radical (unpaired) electrons. The van der Waals surface area contributed by atoms with Gasteiger partial charge in [-0.05, 0) is 24.7 Å². The summed E-state index contributed by atoms with van der Waals surface area (Å²) >= 11 is 0. The average Bonchev–Trinajstić information content (AvgIpc) is 2.20. The monoisotopic (exact) mass is 181 g/mol. The predicted molar refractivity (Wildman–Crippen MR) is 56.5 cm³/mol. The molecule has 2 fully saturated rings. The third kappa shape index (κ3) is 2.25. The molecule has 0 amide bonds. The van der Waals surface area contributed by atoms with Gasteiger partial charge in [-0.25, -0.2) is 0 Å². The van der Waals surface area contributed by atoms with Gasteiger partial charge in [-0.1, -0.05) is 44.9 Å². The average molecular weight is 181 g/mol. The number of hydrogen-bond donors (Lipinski definition) is 1. The van der Waals surface area contributed by atoms with Gasteiger partial charge >= 0.3 is 0 Å². The number of hydrogen-bond acceptors (Lipinski definition) is 1. The van der Waals surface area contributed by atoms with Crippen LogP contribution in [0.3, 0.4) is 0 Å². The van der Waals surface area contributed by atoms with Crippen LogP contribution >= 0.6 is 0 Å². The summed E-state index contributed by atoms with van der Waals surface area (Å²) in [5.74, 6) is 1.87. The molecule has 13 heavy (non-hydrogen) atoms. The highest BCUT2D eigenvalue weighted by Gasteiger charge is 2.29. The highest BCUT2D eigenvalue weighted by Crippen LogP contribution is 2.37. The van der Waals surface area contributed by atoms with Crippen LogP contribution in [0.1, 0.15) is 57.8 Å². The van der Waals surface area contributed by atoms with Crippen LogP contribution in [0.25, 0.3) is 0 Å². The van der Waals surface area contributed by atoms with Gasteiger partial charge in [0.05, 0.1) is 0 Å². The first-order chi connectivity index (χ1) is 6.38. The van der Waals surface area contributed by atoms with Crippen LogP contribution in [0.4, 0.5) is 0 Å². The second-order valence-corrected chi connectivity index (χ2v) is 5.01. The molecule has 0 unspecified atom stereocenters. The van der Waals surface area contributed by atoms with Gasteiger partial charge in [-0.15, -0.1) is 0 Å². The standard InChI is InChI=1S/C12H23N/c13-12-9-5-4-8-11(12)10-6-2-1-3-7-10/h10-12H,1-9,13H2/t11-,12-/m1/s1. The van der Waals surface area contributed by atoms with E-state index in [0.29, 0.717) is 6.04 Å². The zero-order valence-corrected chi connectivity index (χ0v) is 8.67. The summed E-state index contributed by atoms with van der Waals surface area (Å²) in [4.78, 5) is 0. The molecule has 0 aliphatic heterocycles. The maximum absolute atomic E-state index is 6.21. The Balaban J connectivity index is 1.88. The zero-order chi connectivity index (χ0) is 9.10. The van der Waals surface area contributed by atoms with Gasteiger partial charge in [0, 0.05) is 6.04 Å². The Morgan fingerprint density at radius 3 is 2.00 bits per heavy atom. The molecule has 2 aliphatic carbocycles. The topological polar surface area (TPSA) is 26.0 Å². The van der Waals surface area contributed by atoms with Crippen molar-refractivity contribution in [1.29, 1.82) is 0 Å². The molecule has 2 saturated carbocycles. The molecule has 0 heterocycles. The molecule has 0 spiro atoms. The van der Waals surface area contributed by atoms with Crippen LogP contribution in [0.5, 0.6) is 0 Å². The molecular formula is C12H23N. The molecule has 1 heteroatoms. The lowest BCUT2D eigenvalue weighted by atomic mass is 9.71. The maximum atomic E-state index is 6.21. The van der Waals surface area contributed by atoms with Gasteiger partial charge < -0.3 is 5.73 Å². The molecule has 2 N–H and O–H groups in total. The number of rotatable bonds is 1. The van der Waals surface area contributed by atoms with Gasteiger partial charge in [0.2, 0.25) is 0 Å². The van der Waals surface area contributed by atoms with E-state index >= 15 is 0 Å². The van der Waals surface area contributed by atoms with Gasteiger partial charge in [0.25, 0.3) is 0 Å². The Morgan fingerprint density at radius 2 is 1.31 bits per heavy atom. The maximum Gasteiger partial charge on any atom is 0.00698 e. The van der Waals surface area contributed by atoms with Gasteiger partial charge in [-0.3, -0.25) is 0 Å². The van der Waals surface area contributed by atoms with Crippen molar-refractivity contribution in [3.8, 4) is 0 Å². The van der Waals surface area contributed by atoms with E-state index in [9.17, 15) is 0 Å². The summed E-state index contributed by atoms with van der Waals surface area (Å²) in [5, 5.41) is 0. The first kappa shape index (κ1) is 9.51. The van der Waals surface area contributed by atoms with Crippen LogP contribution in [-0.2, 0) is 0 Å². The van der Waals surface area contributed by atoms with Gasteiger partial charge in [0.15, 0.2) is 0 Å². The van der Waals surface area contributed by atoms with Crippen LogP contribution in [-0.4, -0.2) is 6.04 Å². The quantitative estimate of drug-likeness (QED) is 0.661. The third-order valence-corrected chi connectivity index (χ3v) is 4.13. The van der Waals surface area contributed by atoms with E-state index in [1.807, 2.05) is 0 Å². The van der Waals surface area contributed by atoms with Crippen LogP contribution in [0.15, 0.2) is 0 Å². The zero-order valence-electron chi connectivity index (χ0n) is 8.67. The minimum absolute atomic E-state index is 0.539. The van der Waals surface area contributed by atoms with E-state index in [1.54, 1.807) is 0 Å². The Morgan fingerprint density at radius 1 is 0.692 bits per heavy atom. The van der Waals surface area contributed by atoms with E-state index in [4.69, 9.17) is 5.73 Å². The largest absolute Gasteiger partial charge is 0.327 e. The molecule has 76 valence electrons. The normalized spacial score (nSPS) is 37.6. The third-order valence-electron chi connectivity index (χ3n) is 4.13. The second kappa shape index (κ2) is 4.45. The lowest BCUT2D eigenvalue weighted by molar-refractivity contribution is 0.171. The van der Waals surface area contributed by atoms with Crippen molar-refractivity contribution in [2.24, 2.45) is 17.6 Å². The molecular weight excluding hydrogens is 158 g/mol. The smallest absolute Gasteiger partial charge is 0.00698 e. The lowest BCUT2D eigenvalue weighted by Crippen LogP contribution is -2.38. The van der Waals surface area contributed by atoms with Crippen molar-refractivity contribution in [2.75, 3.05) is 0 Å². The second-order valence-electron chi connectivity index (χ2n) is 5.01. The predicted octanol–water partition coefficient (Wildman–Crippen LogP) is 3.08. The van der Waals surface area contributed by atoms with Crippen molar-refractivity contribution < 1.29 is 0 Å². The lowest BCUT2D eigenvalue weighted by Gasteiger charge is -2.37. The van der Waals surface area contributed by atoms with Crippen LogP contribution in [0, 0.1) is 11.8 Å². The Bertz CT molecular complexity index is 149. The Kier molecular flexibility index (Phi) is 3.26. The van der Waals surface area contributed by atoms with E-state index in [2.05, 4.69) is 0 Å². The van der Waals surface area contributed by atoms with E-state index in [-0.39, 0.29) is 0 Å². The highest BCUT2D eigenvalue weighted by atomic mass is 14.7. The van der Waals surface area contributed by atoms with Crippen molar-refractivity contribution in [3.63, 3.8) is 0 Å². The molecule has 1 nitrogen and oxygen atoms in total. The summed E-state index contributed by atoms with van der Waals surface area (Å²) in [5.41, 5.74) is 6.21. The van der Waals surface area contributed by atoms with E-state index in [1.165, 1.54) is 57.8 Å². The molecule has 2 atom stereocenters. The van der Waals surface area contributed by atoms with E-state index < -0.39 is 0 Å². The van der Waals surface area contributed by atoms with Crippen molar-refractivity contribution >= 4 is 0 Å². The molecule has 0 aromatic carbocycles. The van der Waals surface area contributed by atoms with Crippen molar-refractivity contribution in [3.05, 3.63) is 0 Å². The summed E-state index contributed by atoms with van der Waals surface area (Å²) in [6.07, 6.45) is 12.9. The Hall–Kier alpha value is -0.0400. The fourth-order valence-corrected chi connectivity index (χ4v) is 3.34. The molecule has 2 aliphatic rings. The summed E-state index contributed by atoms with van der Waals surface area (Å²) in [6, 6.07) is 0.539. The van der Waals surface area contributed by atoms with Crippen molar-refractivity contribution in [2.45, 2.75) is 63.8 Å². The SMILES string of the molecule is N[C@@H]1CCCC[C@@H]1C1CCCCC1. The molecule has 0 aromatic heterocycles. The van der Waals surface area contributed by atoms with Crippen molar-refractivity contribution in [1.82, 2.24) is 0 Å². The van der Waals surface area contributed by atoms with Gasteiger partial charge in [-0.2, -0.15) is 0 Å². The summed E-state index contributed by atoms with van der Waals surface area (Å²) < 4.78 is 0.